The number of nitrogens with zero attached hydrogens (tertiary/aromatic N) is 5. The average molecular weight is 787 g/mol. The molecule has 0 radical (unpaired) electrons. The number of hydrogen-bond donors (Lipinski definition) is 1. The number of anilines is 1. The molecule has 0 atom stereocenters. The number of halogens is 6. The lowest BCUT2D eigenvalue weighted by atomic mass is 10.1. The Morgan fingerprint density at radius 1 is 0.735 bits per heavy atom. The molecule has 0 spiro atoms. The zero-order chi connectivity index (χ0) is 36.2. The second-order valence-corrected chi connectivity index (χ2v) is 12.8. The van der Waals surface area contributed by atoms with Crippen molar-refractivity contribution in [2.75, 3.05) is 31.2 Å². The van der Waals surface area contributed by atoms with Crippen molar-refractivity contribution in [3.8, 4) is 5.69 Å². The molecule has 0 bridgehead atoms. The van der Waals surface area contributed by atoms with Gasteiger partial charge in [0.15, 0.2) is 5.71 Å². The summed E-state index contributed by atoms with van der Waals surface area (Å²) < 4.78 is 1.09. The van der Waals surface area contributed by atoms with E-state index in [2.05, 4.69) is 10.2 Å². The van der Waals surface area contributed by atoms with Gasteiger partial charge < -0.3 is 9.80 Å². The fraction of sp³-hybridized carbons (Fsp3) is 0.242. The number of carbonyl (C=O) groups is 3. The van der Waals surface area contributed by atoms with Gasteiger partial charge in [-0.1, -0.05) is 87.8 Å². The third-order valence-electron chi connectivity index (χ3n) is 7.47. The summed E-state index contributed by atoms with van der Waals surface area (Å²) in [7, 11) is 0. The van der Waals surface area contributed by atoms with Crippen LogP contribution in [0.3, 0.4) is 0 Å². The monoisotopic (exact) mass is 784 g/mol. The van der Waals surface area contributed by atoms with Crippen LogP contribution in [0.1, 0.15) is 43.7 Å². The molecule has 2 aromatic carbocycles. The summed E-state index contributed by atoms with van der Waals surface area (Å²) >= 11 is 37.7. The predicted molar refractivity (Wildman–Crippen MR) is 199 cm³/mol. The molecule has 10 nitrogen and oxygen atoms in total. The number of benzene rings is 2. The fourth-order valence-electron chi connectivity index (χ4n) is 4.98. The number of rotatable bonds is 11. The van der Waals surface area contributed by atoms with E-state index in [0.717, 1.165) is 9.69 Å². The molecule has 3 amide bonds. The first-order valence-corrected chi connectivity index (χ1v) is 17.3. The summed E-state index contributed by atoms with van der Waals surface area (Å²) in [4.78, 5) is 57.2. The smallest absolute Gasteiger partial charge is 0.281 e. The van der Waals surface area contributed by atoms with E-state index in [1.165, 1.54) is 59.5 Å². The van der Waals surface area contributed by atoms with E-state index in [4.69, 9.17) is 69.6 Å². The van der Waals surface area contributed by atoms with Crippen molar-refractivity contribution in [2.45, 2.75) is 27.7 Å². The zero-order valence-corrected chi connectivity index (χ0v) is 31.2. The van der Waals surface area contributed by atoms with Crippen molar-refractivity contribution in [2.24, 2.45) is 5.10 Å². The van der Waals surface area contributed by atoms with Crippen molar-refractivity contribution < 1.29 is 14.4 Å². The normalized spacial score (nSPS) is 14.1. The molecule has 4 rings (SSSR count). The van der Waals surface area contributed by atoms with Gasteiger partial charge in [0, 0.05) is 36.2 Å². The molecule has 1 aromatic heterocycles. The molecule has 3 aromatic rings. The predicted octanol–water partition coefficient (Wildman–Crippen LogP) is 8.34. The SMILES string of the molecule is CCN(CC)C(=O)C1=NN(c2c(Cl)cc(Cl)cc2Cl)C(=O)\C1=C/C=C/C=C/c1c(C(=O)N(CC)CC)[nH]n(-c2c(Cl)cc(Cl)cc2Cl)c1=O. The van der Waals surface area contributed by atoms with Gasteiger partial charge >= 0.3 is 0 Å². The van der Waals surface area contributed by atoms with E-state index in [1.807, 2.05) is 13.8 Å². The highest BCUT2D eigenvalue weighted by atomic mass is 35.5. The molecule has 0 saturated heterocycles. The van der Waals surface area contributed by atoms with Gasteiger partial charge in [0.25, 0.3) is 23.3 Å². The van der Waals surface area contributed by atoms with Crippen LogP contribution in [0.4, 0.5) is 5.69 Å². The summed E-state index contributed by atoms with van der Waals surface area (Å²) in [5.41, 5.74) is -0.478. The van der Waals surface area contributed by atoms with Crippen LogP contribution in [0.15, 0.2) is 64.0 Å². The Balaban J connectivity index is 1.76. The molecule has 0 aliphatic carbocycles. The summed E-state index contributed by atoms with van der Waals surface area (Å²) in [6.07, 6.45) is 7.37. The molecule has 1 aliphatic rings. The van der Waals surface area contributed by atoms with Crippen LogP contribution >= 0.6 is 69.6 Å². The number of aromatic nitrogens is 2. The van der Waals surface area contributed by atoms with Crippen molar-refractivity contribution in [1.82, 2.24) is 19.6 Å². The minimum Gasteiger partial charge on any atom is -0.338 e. The van der Waals surface area contributed by atoms with Gasteiger partial charge in [-0.05, 0) is 64.1 Å². The van der Waals surface area contributed by atoms with Crippen LogP contribution in [-0.2, 0) is 9.59 Å². The maximum atomic E-state index is 13.7. The Bertz CT molecular complexity index is 1940. The third kappa shape index (κ3) is 7.95. The number of allylic oxidation sites excluding steroid dienone is 4. The van der Waals surface area contributed by atoms with Crippen molar-refractivity contribution in [3.05, 3.63) is 106 Å². The standard InChI is InChI=1S/C33H30Cl6N6O4/c1-5-42(6-2)32(48)26-20(30(46)44(40-26)28-22(36)14-18(34)15-23(28)37)12-10-9-11-13-21-27(33(49)43(7-3)8-4)41-45(31(21)47)29-24(38)16-19(35)17-25(29)39/h9-17,40H,5-8H2,1-4H3/b11-9+,12-10+,21-13-. The first-order chi connectivity index (χ1) is 23.3. The number of amides is 3. The molecule has 16 heteroatoms. The van der Waals surface area contributed by atoms with E-state index in [1.54, 1.807) is 18.7 Å². The largest absolute Gasteiger partial charge is 0.338 e. The molecule has 49 heavy (non-hydrogen) atoms. The van der Waals surface area contributed by atoms with Gasteiger partial charge in [0.05, 0.1) is 31.2 Å². The van der Waals surface area contributed by atoms with E-state index in [9.17, 15) is 19.2 Å². The Morgan fingerprint density at radius 3 is 1.73 bits per heavy atom. The molecule has 1 aliphatic heterocycles. The quantitative estimate of drug-likeness (QED) is 0.156. The first-order valence-electron chi connectivity index (χ1n) is 15.0. The van der Waals surface area contributed by atoms with Gasteiger partial charge in [0.1, 0.15) is 17.1 Å². The molecule has 2 heterocycles. The van der Waals surface area contributed by atoms with Crippen molar-refractivity contribution in [1.29, 1.82) is 0 Å². The molecule has 258 valence electrons. The van der Waals surface area contributed by atoms with Gasteiger partial charge in [-0.3, -0.25) is 24.3 Å². The van der Waals surface area contributed by atoms with Crippen molar-refractivity contribution in [3.63, 3.8) is 0 Å². The molecular weight excluding hydrogens is 757 g/mol. The van der Waals surface area contributed by atoms with Crippen LogP contribution in [0.5, 0.6) is 0 Å². The highest BCUT2D eigenvalue weighted by molar-refractivity contribution is 6.55. The summed E-state index contributed by atoms with van der Waals surface area (Å²) in [5.74, 6) is -1.53. The first kappa shape index (κ1) is 38.3. The van der Waals surface area contributed by atoms with Crippen LogP contribution in [0, 0.1) is 0 Å². The molecular formula is C33H30Cl6N6O4. The summed E-state index contributed by atoms with van der Waals surface area (Å²) in [6, 6.07) is 5.68. The van der Waals surface area contributed by atoms with E-state index in [-0.39, 0.29) is 64.1 Å². The Hall–Kier alpha value is -3.51. The Morgan fingerprint density at radius 2 is 1.22 bits per heavy atom. The topological polar surface area (TPSA) is 111 Å². The highest BCUT2D eigenvalue weighted by Gasteiger charge is 2.38. The molecule has 0 unspecified atom stereocenters. The summed E-state index contributed by atoms with van der Waals surface area (Å²) in [5, 5.41) is 9.00. The van der Waals surface area contributed by atoms with Gasteiger partial charge in [0.2, 0.25) is 0 Å². The number of carbonyl (C=O) groups excluding carboxylic acids is 3. The van der Waals surface area contributed by atoms with Crippen LogP contribution in [-0.4, -0.2) is 69.2 Å². The van der Waals surface area contributed by atoms with Crippen LogP contribution in [0.25, 0.3) is 11.8 Å². The van der Waals surface area contributed by atoms with E-state index < -0.39 is 23.3 Å². The second-order valence-electron chi connectivity index (χ2n) is 10.3. The van der Waals surface area contributed by atoms with Crippen molar-refractivity contribution >= 4 is 105 Å². The summed E-state index contributed by atoms with van der Waals surface area (Å²) in [6.45, 7) is 8.81. The van der Waals surface area contributed by atoms with Crippen LogP contribution in [0.2, 0.25) is 30.1 Å². The lowest BCUT2D eigenvalue weighted by molar-refractivity contribution is -0.123. The maximum Gasteiger partial charge on any atom is 0.281 e. The fourth-order valence-corrected chi connectivity index (χ4v) is 6.95. The zero-order valence-electron chi connectivity index (χ0n) is 26.7. The third-order valence-corrected chi connectivity index (χ3v) is 9.06. The lowest BCUT2D eigenvalue weighted by Gasteiger charge is -2.18. The highest BCUT2D eigenvalue weighted by Crippen LogP contribution is 2.39. The average Bonchev–Trinajstić information content (AvgIpc) is 3.53. The number of nitrogens with one attached hydrogen (secondary N) is 1. The minimum absolute atomic E-state index is 0.0105. The minimum atomic E-state index is -0.646. The number of H-pyrrole nitrogens is 1. The number of aromatic amines is 1. The van der Waals surface area contributed by atoms with Gasteiger partial charge in [-0.25, -0.2) is 4.68 Å². The molecule has 0 fully saturated rings. The van der Waals surface area contributed by atoms with Gasteiger partial charge in [-0.15, -0.1) is 0 Å². The van der Waals surface area contributed by atoms with Crippen LogP contribution < -0.4 is 10.6 Å². The lowest BCUT2D eigenvalue weighted by Crippen LogP contribution is -2.36. The Labute approximate surface area is 312 Å². The second kappa shape index (κ2) is 16.5. The number of hydrogen-bond acceptors (Lipinski definition) is 5. The maximum absolute atomic E-state index is 13.7. The molecule has 0 saturated carbocycles. The Kier molecular flexibility index (Phi) is 12.9. The number of hydrazone groups is 1. The molecule has 1 N–H and O–H groups in total. The van der Waals surface area contributed by atoms with Gasteiger partial charge in [-0.2, -0.15) is 10.1 Å². The van der Waals surface area contributed by atoms with E-state index >= 15 is 0 Å². The van der Waals surface area contributed by atoms with E-state index in [0.29, 0.717) is 26.2 Å².